The second-order valence-corrected chi connectivity index (χ2v) is 4.91. The van der Waals surface area contributed by atoms with Crippen molar-refractivity contribution in [2.45, 2.75) is 39.7 Å². The van der Waals surface area contributed by atoms with Gasteiger partial charge in [0.25, 0.3) is 5.56 Å². The van der Waals surface area contributed by atoms with Crippen LogP contribution in [0.25, 0.3) is 0 Å². The lowest BCUT2D eigenvalue weighted by atomic mass is 10.0. The molecule has 0 fully saturated rings. The van der Waals surface area contributed by atoms with E-state index < -0.39 is 5.69 Å². The SMILES string of the molecule is CCC(C)CC(C)Nc1nn(C)c(=O)n(C)c1=O. The van der Waals surface area contributed by atoms with Gasteiger partial charge in [-0.25, -0.2) is 9.48 Å². The molecule has 1 aromatic heterocycles. The lowest BCUT2D eigenvalue weighted by Crippen LogP contribution is -2.41. The van der Waals surface area contributed by atoms with Gasteiger partial charge < -0.3 is 5.32 Å². The number of nitrogens with one attached hydrogen (secondary N) is 1. The third kappa shape index (κ3) is 3.21. The number of hydrogen-bond donors (Lipinski definition) is 1. The molecule has 0 saturated heterocycles. The van der Waals surface area contributed by atoms with Crippen molar-refractivity contribution in [3.63, 3.8) is 0 Å². The summed E-state index contributed by atoms with van der Waals surface area (Å²) < 4.78 is 2.23. The molecule has 6 heteroatoms. The molecule has 2 atom stereocenters. The zero-order chi connectivity index (χ0) is 13.9. The molecule has 1 rings (SSSR count). The first-order chi connectivity index (χ1) is 8.36. The van der Waals surface area contributed by atoms with Gasteiger partial charge in [-0.1, -0.05) is 20.3 Å². The molecule has 0 aromatic carbocycles. The Morgan fingerprint density at radius 3 is 2.44 bits per heavy atom. The molecule has 0 bridgehead atoms. The van der Waals surface area contributed by atoms with Crippen molar-refractivity contribution in [1.82, 2.24) is 14.3 Å². The molecule has 0 saturated carbocycles. The molecule has 0 amide bonds. The number of aryl methyl sites for hydroxylation is 1. The van der Waals surface area contributed by atoms with Gasteiger partial charge in [-0.05, 0) is 19.3 Å². The van der Waals surface area contributed by atoms with Crippen LogP contribution in [0.15, 0.2) is 9.59 Å². The van der Waals surface area contributed by atoms with Crippen LogP contribution in [0.2, 0.25) is 0 Å². The summed E-state index contributed by atoms with van der Waals surface area (Å²) in [7, 11) is 2.99. The van der Waals surface area contributed by atoms with E-state index in [-0.39, 0.29) is 17.4 Å². The minimum Gasteiger partial charge on any atom is -0.362 e. The summed E-state index contributed by atoms with van der Waals surface area (Å²) in [6.45, 7) is 6.32. The Hall–Kier alpha value is -1.59. The van der Waals surface area contributed by atoms with E-state index in [4.69, 9.17) is 0 Å². The zero-order valence-electron chi connectivity index (χ0n) is 11.7. The van der Waals surface area contributed by atoms with Gasteiger partial charge in [0.15, 0.2) is 0 Å². The first-order valence-electron chi connectivity index (χ1n) is 6.27. The maximum atomic E-state index is 11.9. The Labute approximate surface area is 107 Å². The Balaban J connectivity index is 2.92. The van der Waals surface area contributed by atoms with E-state index in [1.165, 1.54) is 18.8 Å². The van der Waals surface area contributed by atoms with Gasteiger partial charge in [-0.15, -0.1) is 5.10 Å². The summed E-state index contributed by atoms with van der Waals surface area (Å²) in [4.78, 5) is 23.3. The molecule has 2 unspecified atom stereocenters. The molecule has 0 aliphatic carbocycles. The molecule has 0 spiro atoms. The monoisotopic (exact) mass is 254 g/mol. The normalized spacial score (nSPS) is 14.3. The second kappa shape index (κ2) is 5.84. The van der Waals surface area contributed by atoms with Crippen molar-refractivity contribution in [2.24, 2.45) is 20.0 Å². The third-order valence-corrected chi connectivity index (χ3v) is 3.16. The van der Waals surface area contributed by atoms with Crippen molar-refractivity contribution in [2.75, 3.05) is 5.32 Å². The predicted molar refractivity (Wildman–Crippen MR) is 71.9 cm³/mol. The number of nitrogens with zero attached hydrogens (tertiary/aromatic N) is 3. The minimum atomic E-state index is -0.417. The van der Waals surface area contributed by atoms with E-state index in [0.717, 1.165) is 17.4 Å². The Morgan fingerprint density at radius 2 is 1.89 bits per heavy atom. The largest absolute Gasteiger partial charge is 0.362 e. The van der Waals surface area contributed by atoms with E-state index in [1.54, 1.807) is 0 Å². The van der Waals surface area contributed by atoms with Gasteiger partial charge in [0, 0.05) is 20.1 Å². The fourth-order valence-electron chi connectivity index (χ4n) is 1.85. The first kappa shape index (κ1) is 14.5. The lowest BCUT2D eigenvalue weighted by molar-refractivity contribution is 0.480. The lowest BCUT2D eigenvalue weighted by Gasteiger charge is -2.18. The highest BCUT2D eigenvalue weighted by Gasteiger charge is 2.12. The van der Waals surface area contributed by atoms with Crippen LogP contribution in [-0.4, -0.2) is 20.4 Å². The highest BCUT2D eigenvalue weighted by atomic mass is 16.2. The molecule has 0 radical (unpaired) electrons. The van der Waals surface area contributed by atoms with Crippen molar-refractivity contribution in [3.05, 3.63) is 20.8 Å². The van der Waals surface area contributed by atoms with Crippen LogP contribution in [-0.2, 0) is 14.1 Å². The quantitative estimate of drug-likeness (QED) is 0.840. The van der Waals surface area contributed by atoms with Gasteiger partial charge in [0.05, 0.1) is 0 Å². The van der Waals surface area contributed by atoms with Gasteiger partial charge in [0.2, 0.25) is 5.82 Å². The van der Waals surface area contributed by atoms with E-state index in [1.807, 2.05) is 6.92 Å². The average Bonchev–Trinajstić information content (AvgIpc) is 2.33. The number of anilines is 1. The van der Waals surface area contributed by atoms with E-state index in [9.17, 15) is 9.59 Å². The summed E-state index contributed by atoms with van der Waals surface area (Å²) in [5.74, 6) is 0.819. The summed E-state index contributed by atoms with van der Waals surface area (Å²) in [6.07, 6.45) is 2.06. The van der Waals surface area contributed by atoms with Crippen LogP contribution in [0.4, 0.5) is 5.82 Å². The highest BCUT2D eigenvalue weighted by molar-refractivity contribution is 5.30. The minimum absolute atomic E-state index is 0.151. The fraction of sp³-hybridized carbons (Fsp3) is 0.750. The molecular weight excluding hydrogens is 232 g/mol. The molecule has 1 heterocycles. The number of hydrogen-bond acceptors (Lipinski definition) is 4. The molecule has 1 aromatic rings. The van der Waals surface area contributed by atoms with Crippen molar-refractivity contribution >= 4 is 5.82 Å². The summed E-state index contributed by atoms with van der Waals surface area (Å²) >= 11 is 0. The maximum absolute atomic E-state index is 11.9. The second-order valence-electron chi connectivity index (χ2n) is 4.91. The van der Waals surface area contributed by atoms with E-state index in [0.29, 0.717) is 5.92 Å². The summed E-state index contributed by atoms with van der Waals surface area (Å²) in [5.41, 5.74) is -0.797. The van der Waals surface area contributed by atoms with Crippen LogP contribution in [0.3, 0.4) is 0 Å². The van der Waals surface area contributed by atoms with E-state index >= 15 is 0 Å². The number of aromatic nitrogens is 3. The van der Waals surface area contributed by atoms with Gasteiger partial charge in [-0.3, -0.25) is 9.36 Å². The molecule has 0 aliphatic heterocycles. The van der Waals surface area contributed by atoms with Gasteiger partial charge in [0.1, 0.15) is 0 Å². The Kier molecular flexibility index (Phi) is 4.69. The zero-order valence-corrected chi connectivity index (χ0v) is 11.7. The van der Waals surface area contributed by atoms with Gasteiger partial charge >= 0.3 is 5.69 Å². The molecular formula is C12H22N4O2. The highest BCUT2D eigenvalue weighted by Crippen LogP contribution is 2.11. The van der Waals surface area contributed by atoms with E-state index in [2.05, 4.69) is 24.3 Å². The molecule has 18 heavy (non-hydrogen) atoms. The standard InChI is InChI=1S/C12H22N4O2/c1-6-8(2)7-9(3)13-10-11(17)15(4)12(18)16(5)14-10/h8-9H,6-7H2,1-5H3,(H,13,14). The van der Waals surface area contributed by atoms with Crippen molar-refractivity contribution in [3.8, 4) is 0 Å². The molecule has 102 valence electrons. The van der Waals surface area contributed by atoms with Crippen LogP contribution in [0, 0.1) is 5.92 Å². The topological polar surface area (TPSA) is 68.9 Å². The average molecular weight is 254 g/mol. The molecule has 6 nitrogen and oxygen atoms in total. The Bertz CT molecular complexity index is 518. The third-order valence-electron chi connectivity index (χ3n) is 3.16. The Morgan fingerprint density at radius 1 is 1.28 bits per heavy atom. The smallest absolute Gasteiger partial charge is 0.346 e. The van der Waals surface area contributed by atoms with Crippen LogP contribution in [0.1, 0.15) is 33.6 Å². The first-order valence-corrected chi connectivity index (χ1v) is 6.27. The van der Waals surface area contributed by atoms with Gasteiger partial charge in [-0.2, -0.15) is 0 Å². The van der Waals surface area contributed by atoms with Crippen LogP contribution in [0.5, 0.6) is 0 Å². The van der Waals surface area contributed by atoms with Crippen LogP contribution < -0.4 is 16.6 Å². The maximum Gasteiger partial charge on any atom is 0.346 e. The summed E-state index contributed by atoms with van der Waals surface area (Å²) in [6, 6.07) is 0.151. The predicted octanol–water partition coefficient (Wildman–Crippen LogP) is 0.716. The fourth-order valence-corrected chi connectivity index (χ4v) is 1.85. The summed E-state index contributed by atoms with van der Waals surface area (Å²) in [5, 5.41) is 7.05. The van der Waals surface area contributed by atoms with Crippen LogP contribution >= 0.6 is 0 Å². The molecule has 0 aliphatic rings. The number of rotatable bonds is 5. The van der Waals surface area contributed by atoms with Crippen molar-refractivity contribution < 1.29 is 0 Å². The van der Waals surface area contributed by atoms with Crippen molar-refractivity contribution in [1.29, 1.82) is 0 Å². The molecule has 1 N–H and O–H groups in total.